The smallest absolute Gasteiger partial charge is 0.227 e. The quantitative estimate of drug-likeness (QED) is 0.559. The number of aromatic amines is 1. The van der Waals surface area contributed by atoms with E-state index in [0.29, 0.717) is 19.5 Å². The average molecular weight is 355 g/mol. The zero-order valence-corrected chi connectivity index (χ0v) is 15.0. The molecule has 0 bridgehead atoms. The molecule has 4 rings (SSSR count). The highest BCUT2D eigenvalue weighted by Gasteiger charge is 2.17. The van der Waals surface area contributed by atoms with E-state index in [1.54, 1.807) is 6.20 Å². The zero-order chi connectivity index (χ0) is 18.5. The molecule has 2 aromatic carbocycles. The van der Waals surface area contributed by atoms with Gasteiger partial charge in [0, 0.05) is 29.8 Å². The highest BCUT2D eigenvalue weighted by molar-refractivity contribution is 5.88. The van der Waals surface area contributed by atoms with E-state index in [1.165, 1.54) is 0 Å². The number of benzene rings is 2. The fourth-order valence-corrected chi connectivity index (χ4v) is 3.28. The first kappa shape index (κ1) is 17.0. The van der Waals surface area contributed by atoms with Gasteiger partial charge in [0.15, 0.2) is 0 Å². The van der Waals surface area contributed by atoms with E-state index >= 15 is 0 Å². The van der Waals surface area contributed by atoms with Crippen LogP contribution in [0.3, 0.4) is 0 Å². The number of amides is 1. The summed E-state index contributed by atoms with van der Waals surface area (Å²) in [5, 5.41) is 1.10. The molecule has 1 amide bonds. The molecule has 4 heteroatoms. The molecule has 2 heterocycles. The molecule has 0 aliphatic heterocycles. The monoisotopic (exact) mass is 355 g/mol. The second-order valence-electron chi connectivity index (χ2n) is 6.59. The summed E-state index contributed by atoms with van der Waals surface area (Å²) < 4.78 is 0. The van der Waals surface area contributed by atoms with Crippen molar-refractivity contribution in [2.24, 2.45) is 0 Å². The number of carbonyl (C=O) groups excluding carboxylic acids is 1. The van der Waals surface area contributed by atoms with Crippen LogP contribution in [-0.2, 0) is 24.3 Å². The Morgan fingerprint density at radius 1 is 0.889 bits per heavy atom. The number of hydrogen-bond acceptors (Lipinski definition) is 2. The van der Waals surface area contributed by atoms with Gasteiger partial charge in [-0.3, -0.25) is 9.78 Å². The van der Waals surface area contributed by atoms with Crippen LogP contribution in [0.15, 0.2) is 85.2 Å². The lowest BCUT2D eigenvalue weighted by atomic mass is 10.1. The first-order valence-corrected chi connectivity index (χ1v) is 9.06. The van der Waals surface area contributed by atoms with E-state index in [2.05, 4.69) is 16.0 Å². The third kappa shape index (κ3) is 4.06. The third-order valence-electron chi connectivity index (χ3n) is 4.66. The van der Waals surface area contributed by atoms with Crippen molar-refractivity contribution < 1.29 is 4.79 Å². The fourth-order valence-electron chi connectivity index (χ4n) is 3.28. The van der Waals surface area contributed by atoms with Crippen LogP contribution >= 0.6 is 0 Å². The van der Waals surface area contributed by atoms with Crippen molar-refractivity contribution in [3.05, 3.63) is 102 Å². The van der Waals surface area contributed by atoms with E-state index in [1.807, 2.05) is 77.8 Å². The summed E-state index contributed by atoms with van der Waals surface area (Å²) >= 11 is 0. The standard InChI is InChI=1S/C23H21N3O/c27-23(14-19-15-25-22-12-5-4-11-21(19)22)26(16-18-8-2-1-3-9-18)17-20-10-6-7-13-24-20/h1-13,15,25H,14,16-17H2. The summed E-state index contributed by atoms with van der Waals surface area (Å²) in [4.78, 5) is 22.7. The van der Waals surface area contributed by atoms with Crippen LogP contribution in [0, 0.1) is 0 Å². The molecule has 0 spiro atoms. The third-order valence-corrected chi connectivity index (χ3v) is 4.66. The second kappa shape index (κ2) is 7.87. The molecule has 27 heavy (non-hydrogen) atoms. The number of aromatic nitrogens is 2. The second-order valence-corrected chi connectivity index (χ2v) is 6.59. The maximum atomic E-state index is 13.1. The number of pyridine rings is 1. The van der Waals surface area contributed by atoms with Gasteiger partial charge in [-0.15, -0.1) is 0 Å². The lowest BCUT2D eigenvalue weighted by molar-refractivity contribution is -0.131. The summed E-state index contributed by atoms with van der Waals surface area (Å²) in [6, 6.07) is 23.9. The van der Waals surface area contributed by atoms with Gasteiger partial charge in [0.1, 0.15) is 0 Å². The van der Waals surface area contributed by atoms with Crippen molar-refractivity contribution >= 4 is 16.8 Å². The zero-order valence-electron chi connectivity index (χ0n) is 15.0. The number of hydrogen-bond donors (Lipinski definition) is 1. The number of carbonyl (C=O) groups is 1. The molecule has 0 aliphatic carbocycles. The number of nitrogens with one attached hydrogen (secondary N) is 1. The lowest BCUT2D eigenvalue weighted by Gasteiger charge is -2.22. The minimum absolute atomic E-state index is 0.0919. The van der Waals surface area contributed by atoms with Crippen LogP contribution in [0.25, 0.3) is 10.9 Å². The van der Waals surface area contributed by atoms with Crippen molar-refractivity contribution in [2.75, 3.05) is 0 Å². The molecular weight excluding hydrogens is 334 g/mol. The Morgan fingerprint density at radius 2 is 1.67 bits per heavy atom. The minimum Gasteiger partial charge on any atom is -0.361 e. The predicted molar refractivity (Wildman–Crippen MR) is 107 cm³/mol. The van der Waals surface area contributed by atoms with Crippen LogP contribution in [0.2, 0.25) is 0 Å². The van der Waals surface area contributed by atoms with Crippen molar-refractivity contribution in [1.29, 1.82) is 0 Å². The van der Waals surface area contributed by atoms with Gasteiger partial charge in [0.2, 0.25) is 5.91 Å². The van der Waals surface area contributed by atoms with Crippen molar-refractivity contribution in [3.8, 4) is 0 Å². The van der Waals surface area contributed by atoms with E-state index in [9.17, 15) is 4.79 Å². The molecule has 4 nitrogen and oxygen atoms in total. The fraction of sp³-hybridized carbons (Fsp3) is 0.130. The van der Waals surface area contributed by atoms with Crippen molar-refractivity contribution in [1.82, 2.24) is 14.9 Å². The summed E-state index contributed by atoms with van der Waals surface area (Å²) in [6.07, 6.45) is 4.06. The Morgan fingerprint density at radius 3 is 2.48 bits per heavy atom. The summed E-state index contributed by atoms with van der Waals surface area (Å²) in [6.45, 7) is 1.07. The number of rotatable bonds is 6. The number of nitrogens with zero attached hydrogens (tertiary/aromatic N) is 2. The highest BCUT2D eigenvalue weighted by Crippen LogP contribution is 2.20. The van der Waals surface area contributed by atoms with Gasteiger partial charge in [-0.2, -0.15) is 0 Å². The van der Waals surface area contributed by atoms with E-state index in [-0.39, 0.29) is 5.91 Å². The van der Waals surface area contributed by atoms with Crippen LogP contribution in [0.1, 0.15) is 16.8 Å². The topological polar surface area (TPSA) is 49.0 Å². The van der Waals surface area contributed by atoms with Gasteiger partial charge >= 0.3 is 0 Å². The molecule has 0 atom stereocenters. The lowest BCUT2D eigenvalue weighted by Crippen LogP contribution is -2.31. The maximum absolute atomic E-state index is 13.1. The van der Waals surface area contributed by atoms with Gasteiger partial charge < -0.3 is 9.88 Å². The van der Waals surface area contributed by atoms with E-state index < -0.39 is 0 Å². The summed E-state index contributed by atoms with van der Waals surface area (Å²) in [7, 11) is 0. The molecule has 0 radical (unpaired) electrons. The Bertz CT molecular complexity index is 984. The Hall–Kier alpha value is -3.40. The number of fused-ring (bicyclic) bond motifs is 1. The molecule has 0 fully saturated rings. The summed E-state index contributed by atoms with van der Waals surface area (Å²) in [5.74, 6) is 0.0919. The van der Waals surface area contributed by atoms with Crippen molar-refractivity contribution in [2.45, 2.75) is 19.5 Å². The Kier molecular flexibility index (Phi) is 4.97. The molecule has 1 N–H and O–H groups in total. The molecule has 0 aliphatic rings. The van der Waals surface area contributed by atoms with Crippen LogP contribution in [0.5, 0.6) is 0 Å². The molecule has 134 valence electrons. The van der Waals surface area contributed by atoms with Crippen LogP contribution < -0.4 is 0 Å². The maximum Gasteiger partial charge on any atom is 0.227 e. The van der Waals surface area contributed by atoms with Crippen LogP contribution in [-0.4, -0.2) is 20.8 Å². The number of H-pyrrole nitrogens is 1. The average Bonchev–Trinajstić information content (AvgIpc) is 3.12. The predicted octanol–water partition coefficient (Wildman–Crippen LogP) is 4.33. The van der Waals surface area contributed by atoms with E-state index in [0.717, 1.165) is 27.7 Å². The normalized spacial score (nSPS) is 10.8. The van der Waals surface area contributed by atoms with Crippen LogP contribution in [0.4, 0.5) is 0 Å². The molecule has 0 unspecified atom stereocenters. The first-order valence-electron chi connectivity index (χ1n) is 9.06. The molecule has 0 saturated carbocycles. The Balaban J connectivity index is 1.57. The van der Waals surface area contributed by atoms with Gasteiger partial charge in [0.25, 0.3) is 0 Å². The SMILES string of the molecule is O=C(Cc1c[nH]c2ccccc12)N(Cc1ccccc1)Cc1ccccn1. The molecule has 4 aromatic rings. The largest absolute Gasteiger partial charge is 0.361 e. The van der Waals surface area contributed by atoms with Gasteiger partial charge in [0.05, 0.1) is 18.7 Å². The molecule has 2 aromatic heterocycles. The molecule has 0 saturated heterocycles. The van der Waals surface area contributed by atoms with Gasteiger partial charge in [-0.1, -0.05) is 54.6 Å². The Labute approximate surface area is 158 Å². The minimum atomic E-state index is 0.0919. The molecular formula is C23H21N3O. The first-order chi connectivity index (χ1) is 13.3. The van der Waals surface area contributed by atoms with Gasteiger partial charge in [-0.05, 0) is 29.3 Å². The van der Waals surface area contributed by atoms with Crippen molar-refractivity contribution in [3.63, 3.8) is 0 Å². The summed E-state index contributed by atoms with van der Waals surface area (Å²) in [5.41, 5.74) is 4.08. The highest BCUT2D eigenvalue weighted by atomic mass is 16.2. The van der Waals surface area contributed by atoms with Gasteiger partial charge in [-0.25, -0.2) is 0 Å². The van der Waals surface area contributed by atoms with E-state index in [4.69, 9.17) is 0 Å². The number of para-hydroxylation sites is 1.